The lowest BCUT2D eigenvalue weighted by molar-refractivity contribution is -0.385. The van der Waals surface area contributed by atoms with Crippen LogP contribution in [0.3, 0.4) is 0 Å². The summed E-state index contributed by atoms with van der Waals surface area (Å²) in [5.41, 5.74) is 0.130. The van der Waals surface area contributed by atoms with Crippen molar-refractivity contribution >= 4 is 62.1 Å². The van der Waals surface area contributed by atoms with Crippen LogP contribution in [0.4, 0.5) is 5.69 Å². The van der Waals surface area contributed by atoms with Gasteiger partial charge < -0.3 is 5.11 Å². The van der Waals surface area contributed by atoms with E-state index in [2.05, 4.69) is 0 Å². The van der Waals surface area contributed by atoms with Crippen LogP contribution in [0.25, 0.3) is 0 Å². The van der Waals surface area contributed by atoms with E-state index in [4.69, 9.17) is 39.9 Å². The van der Waals surface area contributed by atoms with Gasteiger partial charge >= 0.3 is 0 Å². The Labute approximate surface area is 127 Å². The molecule has 9 heteroatoms. The molecule has 0 spiro atoms. The summed E-state index contributed by atoms with van der Waals surface area (Å²) >= 11 is 17.4. The van der Waals surface area contributed by atoms with Crippen LogP contribution < -0.4 is 0 Å². The molecule has 0 saturated carbocycles. The van der Waals surface area contributed by atoms with Gasteiger partial charge in [0, 0.05) is 28.3 Å². The lowest BCUT2D eigenvalue weighted by Gasteiger charge is -2.15. The Kier molecular flexibility index (Phi) is 6.37. The van der Waals surface area contributed by atoms with Gasteiger partial charge in [-0.15, -0.1) is 0 Å². The molecule has 18 heavy (non-hydrogen) atoms. The van der Waals surface area contributed by atoms with E-state index in [1.807, 2.05) is 0 Å². The molecule has 0 unspecified atom stereocenters. The summed E-state index contributed by atoms with van der Waals surface area (Å²) in [6, 6.07) is 4.13. The second-order valence-corrected chi connectivity index (χ2v) is 7.80. The standard InChI is InChI=1S/C9H8Cl3NO3S2/c10-9(11,12)7-5-6(13(15)16)1-2-8(7)18-17-4-3-14/h1-2,5,14H,3-4H2. The van der Waals surface area contributed by atoms with Crippen molar-refractivity contribution in [1.29, 1.82) is 0 Å². The third kappa shape index (κ3) is 4.68. The maximum absolute atomic E-state index is 10.7. The van der Waals surface area contributed by atoms with Crippen molar-refractivity contribution in [1.82, 2.24) is 0 Å². The minimum Gasteiger partial charge on any atom is -0.395 e. The van der Waals surface area contributed by atoms with Crippen LogP contribution in [0.2, 0.25) is 0 Å². The van der Waals surface area contributed by atoms with Gasteiger partial charge in [-0.2, -0.15) is 0 Å². The van der Waals surface area contributed by atoms with Crippen molar-refractivity contribution in [3.8, 4) is 0 Å². The normalized spacial score (nSPS) is 11.6. The zero-order chi connectivity index (χ0) is 13.8. The molecule has 1 aromatic rings. The third-order valence-electron chi connectivity index (χ3n) is 1.80. The number of nitrogens with zero attached hydrogens (tertiary/aromatic N) is 1. The Morgan fingerprint density at radius 3 is 2.56 bits per heavy atom. The Morgan fingerprint density at radius 2 is 2.06 bits per heavy atom. The number of halogens is 3. The first-order valence-corrected chi connectivity index (χ1v) is 8.07. The molecule has 4 nitrogen and oxygen atoms in total. The fourth-order valence-electron chi connectivity index (χ4n) is 1.07. The quantitative estimate of drug-likeness (QED) is 0.285. The van der Waals surface area contributed by atoms with Crippen LogP contribution in [-0.2, 0) is 3.79 Å². The van der Waals surface area contributed by atoms with Gasteiger partial charge in [0.05, 0.1) is 11.5 Å². The number of benzene rings is 1. The van der Waals surface area contributed by atoms with Crippen molar-refractivity contribution in [2.45, 2.75) is 8.69 Å². The monoisotopic (exact) mass is 347 g/mol. The highest BCUT2D eigenvalue weighted by Gasteiger charge is 2.28. The van der Waals surface area contributed by atoms with Crippen molar-refractivity contribution in [2.24, 2.45) is 0 Å². The minimum atomic E-state index is -1.73. The number of nitro groups is 1. The highest BCUT2D eigenvalue weighted by molar-refractivity contribution is 8.76. The number of hydrogen-bond acceptors (Lipinski definition) is 5. The summed E-state index contributed by atoms with van der Waals surface area (Å²) in [5, 5.41) is 19.4. The number of rotatable bonds is 5. The van der Waals surface area contributed by atoms with Crippen LogP contribution in [0.1, 0.15) is 5.56 Å². The Morgan fingerprint density at radius 1 is 1.39 bits per heavy atom. The van der Waals surface area contributed by atoms with Crippen LogP contribution in [-0.4, -0.2) is 22.4 Å². The van der Waals surface area contributed by atoms with Crippen LogP contribution in [0, 0.1) is 10.1 Å². The van der Waals surface area contributed by atoms with E-state index >= 15 is 0 Å². The van der Waals surface area contributed by atoms with Gasteiger partial charge in [-0.05, 0) is 6.07 Å². The van der Waals surface area contributed by atoms with E-state index < -0.39 is 8.72 Å². The molecule has 0 amide bonds. The number of nitro benzene ring substituents is 1. The number of alkyl halides is 3. The average Bonchev–Trinajstić information content (AvgIpc) is 2.28. The van der Waals surface area contributed by atoms with E-state index in [1.165, 1.54) is 39.8 Å². The van der Waals surface area contributed by atoms with Gasteiger partial charge in [0.1, 0.15) is 0 Å². The lowest BCUT2D eigenvalue weighted by Crippen LogP contribution is -2.03. The molecule has 1 aromatic carbocycles. The van der Waals surface area contributed by atoms with Crippen LogP contribution >= 0.6 is 56.4 Å². The number of non-ortho nitro benzene ring substituents is 1. The fourth-order valence-corrected chi connectivity index (χ4v) is 3.71. The highest BCUT2D eigenvalue weighted by Crippen LogP contribution is 2.46. The summed E-state index contributed by atoms with van der Waals surface area (Å²) in [6.07, 6.45) is 0. The zero-order valence-corrected chi connectivity index (χ0v) is 12.7. The Balaban J connectivity index is 3.05. The SMILES string of the molecule is O=[N+]([O-])c1ccc(SSCCO)c(C(Cl)(Cl)Cl)c1. The summed E-state index contributed by atoms with van der Waals surface area (Å²) in [4.78, 5) is 10.8. The Bertz CT molecular complexity index is 440. The van der Waals surface area contributed by atoms with Gasteiger partial charge in [0.2, 0.25) is 3.79 Å². The Hall–Kier alpha value is 0.150. The molecule has 0 aliphatic heterocycles. The lowest BCUT2D eigenvalue weighted by atomic mass is 10.2. The molecule has 0 fully saturated rings. The first-order valence-electron chi connectivity index (χ1n) is 4.62. The average molecular weight is 349 g/mol. The van der Waals surface area contributed by atoms with E-state index in [1.54, 1.807) is 0 Å². The minimum absolute atomic E-state index is 0.0355. The molecule has 0 aliphatic rings. The highest BCUT2D eigenvalue weighted by atomic mass is 35.6. The summed E-state index contributed by atoms with van der Waals surface area (Å²) in [6.45, 7) is 0.0355. The zero-order valence-electron chi connectivity index (χ0n) is 8.81. The van der Waals surface area contributed by atoms with Gasteiger partial charge in [-0.25, -0.2) is 0 Å². The third-order valence-corrected chi connectivity index (χ3v) is 4.81. The maximum atomic E-state index is 10.7. The number of aliphatic hydroxyl groups is 1. The van der Waals surface area contributed by atoms with Crippen LogP contribution in [0.15, 0.2) is 23.1 Å². The number of aliphatic hydroxyl groups excluding tert-OH is 1. The summed E-state index contributed by atoms with van der Waals surface area (Å²) in [7, 11) is 2.67. The van der Waals surface area contributed by atoms with Gasteiger partial charge in [-0.3, -0.25) is 10.1 Å². The van der Waals surface area contributed by atoms with Gasteiger partial charge in [0.25, 0.3) is 5.69 Å². The van der Waals surface area contributed by atoms with E-state index in [0.29, 0.717) is 10.6 Å². The van der Waals surface area contributed by atoms with Crippen molar-refractivity contribution in [2.75, 3.05) is 12.4 Å². The first-order chi connectivity index (χ1) is 8.36. The molecule has 100 valence electrons. The smallest absolute Gasteiger partial charge is 0.269 e. The van der Waals surface area contributed by atoms with Crippen molar-refractivity contribution in [3.63, 3.8) is 0 Å². The predicted octanol–water partition coefficient (Wildman–Crippen LogP) is 4.15. The molecule has 0 aliphatic carbocycles. The van der Waals surface area contributed by atoms with Crippen molar-refractivity contribution in [3.05, 3.63) is 33.9 Å². The second kappa shape index (κ2) is 7.07. The molecule has 0 radical (unpaired) electrons. The first kappa shape index (κ1) is 16.2. The van der Waals surface area contributed by atoms with Crippen molar-refractivity contribution < 1.29 is 10.0 Å². The maximum Gasteiger partial charge on any atom is 0.269 e. The molecular formula is C9H8Cl3NO3S2. The molecule has 1 rings (SSSR count). The molecule has 0 atom stereocenters. The van der Waals surface area contributed by atoms with E-state index in [9.17, 15) is 10.1 Å². The summed E-state index contributed by atoms with van der Waals surface area (Å²) < 4.78 is -1.73. The molecule has 0 bridgehead atoms. The van der Waals surface area contributed by atoms with Gasteiger partial charge in [0.15, 0.2) is 0 Å². The molecule has 0 aromatic heterocycles. The van der Waals surface area contributed by atoms with Gasteiger partial charge in [-0.1, -0.05) is 56.4 Å². The molecular weight excluding hydrogens is 341 g/mol. The van der Waals surface area contributed by atoms with E-state index in [0.717, 1.165) is 0 Å². The largest absolute Gasteiger partial charge is 0.395 e. The predicted molar refractivity (Wildman–Crippen MR) is 77.7 cm³/mol. The molecule has 0 heterocycles. The topological polar surface area (TPSA) is 63.4 Å². The molecule has 0 saturated heterocycles. The van der Waals surface area contributed by atoms with Crippen LogP contribution in [0.5, 0.6) is 0 Å². The fraction of sp³-hybridized carbons (Fsp3) is 0.333. The number of hydrogen-bond donors (Lipinski definition) is 1. The van der Waals surface area contributed by atoms with E-state index in [-0.39, 0.29) is 17.9 Å². The molecule has 1 N–H and O–H groups in total. The summed E-state index contributed by atoms with van der Waals surface area (Å²) in [5.74, 6) is 0.515. The second-order valence-electron chi connectivity index (χ2n) is 3.06.